The van der Waals surface area contributed by atoms with Crippen LogP contribution in [0.2, 0.25) is 0 Å². The molecule has 136 valence electrons. The van der Waals surface area contributed by atoms with E-state index in [1.54, 1.807) is 24.3 Å². The van der Waals surface area contributed by atoms with E-state index >= 15 is 0 Å². The van der Waals surface area contributed by atoms with Crippen molar-refractivity contribution in [2.24, 2.45) is 0 Å². The van der Waals surface area contributed by atoms with Crippen LogP contribution in [0.5, 0.6) is 0 Å². The molecule has 0 fully saturated rings. The first-order valence-corrected chi connectivity index (χ1v) is 10.5. The molecule has 1 aliphatic heterocycles. The van der Waals surface area contributed by atoms with Gasteiger partial charge in [-0.05, 0) is 24.8 Å². The number of hydrogen-bond donors (Lipinski definition) is 0. The molecule has 6 rings (SSSR count). The molecule has 6 nitrogen and oxygen atoms in total. The lowest BCUT2D eigenvalue weighted by Crippen LogP contribution is -2.44. The van der Waals surface area contributed by atoms with Crippen molar-refractivity contribution in [3.05, 3.63) is 56.2 Å². The lowest BCUT2D eigenvalue weighted by molar-refractivity contribution is 0.0847. The number of nitriles is 1. The van der Waals surface area contributed by atoms with Gasteiger partial charge in [-0.25, -0.2) is 4.98 Å². The monoisotopic (exact) mass is 405 g/mol. The third-order valence-corrected chi connectivity index (χ3v) is 8.42. The van der Waals surface area contributed by atoms with Crippen molar-refractivity contribution in [1.29, 1.82) is 5.26 Å². The van der Waals surface area contributed by atoms with Crippen LogP contribution in [0.25, 0.3) is 10.2 Å². The van der Waals surface area contributed by atoms with E-state index in [2.05, 4.69) is 11.1 Å². The van der Waals surface area contributed by atoms with E-state index < -0.39 is 22.4 Å². The molecular formula is C20H11N3O3S2. The molecule has 3 heterocycles. The zero-order chi connectivity index (χ0) is 19.2. The lowest BCUT2D eigenvalue weighted by atomic mass is 9.94. The van der Waals surface area contributed by atoms with Crippen molar-refractivity contribution in [3.63, 3.8) is 0 Å². The molecule has 2 aliphatic carbocycles. The van der Waals surface area contributed by atoms with Crippen molar-refractivity contribution in [3.8, 4) is 6.07 Å². The molecule has 0 bridgehead atoms. The molecular weight excluding hydrogens is 394 g/mol. The Hall–Kier alpha value is -2.76. The fourth-order valence-electron chi connectivity index (χ4n) is 4.59. The minimum atomic E-state index is -1.66. The fraction of sp³-hybridized carbons (Fsp3) is 0.250. The van der Waals surface area contributed by atoms with Gasteiger partial charge in [0.15, 0.2) is 27.5 Å². The Balaban J connectivity index is 1.64. The summed E-state index contributed by atoms with van der Waals surface area (Å²) >= 11 is 2.46. The standard InChI is InChI=1S/C20H11N3O3S2/c21-8-13-20(15(24)9-4-1-2-5-10(9)16(20)25)28-19-22-17-14(18(26)23(13)19)11-6-3-7-12(11)27-17/h1-2,4-5,13H,3,6-7H2. The van der Waals surface area contributed by atoms with Crippen molar-refractivity contribution in [2.75, 3.05) is 0 Å². The number of Topliss-reactive ketones (excluding diaryl/α,β-unsaturated/α-hetero) is 2. The van der Waals surface area contributed by atoms with Gasteiger partial charge in [-0.15, -0.1) is 11.3 Å². The number of thiophene rings is 1. The fourth-order valence-corrected chi connectivity index (χ4v) is 7.29. The molecule has 1 aromatic carbocycles. The Kier molecular flexibility index (Phi) is 3.00. The molecule has 0 amide bonds. The molecule has 1 unspecified atom stereocenters. The summed E-state index contributed by atoms with van der Waals surface area (Å²) in [5, 5.41) is 10.8. The average molecular weight is 405 g/mol. The van der Waals surface area contributed by atoms with Gasteiger partial charge in [0.1, 0.15) is 4.83 Å². The number of hydrogen-bond acceptors (Lipinski definition) is 7. The van der Waals surface area contributed by atoms with Gasteiger partial charge in [0.05, 0.1) is 11.5 Å². The van der Waals surface area contributed by atoms with Crippen molar-refractivity contribution in [2.45, 2.75) is 35.2 Å². The summed E-state index contributed by atoms with van der Waals surface area (Å²) < 4.78 is -0.385. The van der Waals surface area contributed by atoms with Crippen LogP contribution in [0.4, 0.5) is 0 Å². The molecule has 0 radical (unpaired) electrons. The Bertz CT molecular complexity index is 1330. The maximum Gasteiger partial charge on any atom is 0.264 e. The van der Waals surface area contributed by atoms with Gasteiger partial charge in [-0.3, -0.25) is 19.0 Å². The summed E-state index contributed by atoms with van der Waals surface area (Å²) in [5.74, 6) is -0.828. The number of nitrogens with zero attached hydrogens (tertiary/aromatic N) is 3. The highest BCUT2D eigenvalue weighted by Gasteiger charge is 2.64. The molecule has 0 saturated carbocycles. The molecule has 28 heavy (non-hydrogen) atoms. The van der Waals surface area contributed by atoms with E-state index in [0.29, 0.717) is 21.3 Å². The summed E-state index contributed by atoms with van der Waals surface area (Å²) in [5.41, 5.74) is 1.32. The van der Waals surface area contributed by atoms with Gasteiger partial charge in [0.2, 0.25) is 0 Å². The SMILES string of the molecule is N#CC1n2c(nc3sc4c(c3c2=O)CCC4)SC12C(=O)c1ccccc1C2=O. The summed E-state index contributed by atoms with van der Waals surface area (Å²) in [7, 11) is 0. The maximum atomic E-state index is 13.4. The smallest absolute Gasteiger partial charge is 0.264 e. The predicted octanol–water partition coefficient (Wildman–Crippen LogP) is 2.94. The maximum absolute atomic E-state index is 13.4. The normalized spacial score (nSPS) is 21.2. The molecule has 1 atom stereocenters. The summed E-state index contributed by atoms with van der Waals surface area (Å²) in [6.07, 6.45) is 2.77. The van der Waals surface area contributed by atoms with Gasteiger partial charge in [0, 0.05) is 16.0 Å². The molecule has 3 aliphatic rings. The highest BCUT2D eigenvalue weighted by Crippen LogP contribution is 2.54. The van der Waals surface area contributed by atoms with E-state index in [0.717, 1.165) is 36.6 Å². The average Bonchev–Trinajstić information content (AvgIpc) is 3.41. The Labute approximate surface area is 166 Å². The summed E-state index contributed by atoms with van der Waals surface area (Å²) in [6, 6.07) is 7.46. The van der Waals surface area contributed by atoms with Gasteiger partial charge in [0.25, 0.3) is 5.56 Å². The Morgan fingerprint density at radius 2 is 1.86 bits per heavy atom. The molecule has 3 aromatic rings. The minimum Gasteiger partial charge on any atom is -0.292 e. The number of aromatic nitrogens is 2. The first-order valence-electron chi connectivity index (χ1n) is 8.92. The number of carbonyl (C=O) groups is 2. The van der Waals surface area contributed by atoms with Crippen LogP contribution in [0.3, 0.4) is 0 Å². The molecule has 2 aromatic heterocycles. The first kappa shape index (κ1) is 16.2. The van der Waals surface area contributed by atoms with Gasteiger partial charge in [-0.1, -0.05) is 36.0 Å². The van der Waals surface area contributed by atoms with E-state index in [1.165, 1.54) is 20.8 Å². The topological polar surface area (TPSA) is 92.8 Å². The number of rotatable bonds is 0. The second-order valence-electron chi connectivity index (χ2n) is 7.18. The van der Waals surface area contributed by atoms with Crippen LogP contribution in [-0.2, 0) is 12.8 Å². The highest BCUT2D eigenvalue weighted by atomic mass is 32.2. The lowest BCUT2D eigenvalue weighted by Gasteiger charge is -2.21. The molecule has 1 spiro atoms. The zero-order valence-corrected chi connectivity index (χ0v) is 16.0. The Morgan fingerprint density at radius 3 is 2.54 bits per heavy atom. The number of fused-ring (bicyclic) bond motifs is 5. The number of carbonyl (C=O) groups excluding carboxylic acids is 2. The quantitative estimate of drug-likeness (QED) is 0.422. The number of benzene rings is 1. The number of aryl methyl sites for hydroxylation is 2. The van der Waals surface area contributed by atoms with Gasteiger partial charge in [-0.2, -0.15) is 5.26 Å². The third kappa shape index (κ3) is 1.66. The zero-order valence-electron chi connectivity index (χ0n) is 14.4. The molecule has 0 saturated heterocycles. The van der Waals surface area contributed by atoms with Gasteiger partial charge < -0.3 is 0 Å². The van der Waals surface area contributed by atoms with Crippen LogP contribution >= 0.6 is 23.1 Å². The van der Waals surface area contributed by atoms with Crippen molar-refractivity contribution >= 4 is 44.9 Å². The number of thioether (sulfide) groups is 1. The van der Waals surface area contributed by atoms with E-state index in [1.807, 2.05) is 0 Å². The second-order valence-corrected chi connectivity index (χ2v) is 9.48. The van der Waals surface area contributed by atoms with E-state index in [9.17, 15) is 19.6 Å². The van der Waals surface area contributed by atoms with Crippen LogP contribution in [0.15, 0.2) is 34.2 Å². The van der Waals surface area contributed by atoms with Crippen LogP contribution in [0, 0.1) is 11.3 Å². The van der Waals surface area contributed by atoms with Gasteiger partial charge >= 0.3 is 0 Å². The number of ketones is 2. The molecule has 8 heteroatoms. The Morgan fingerprint density at radius 1 is 1.14 bits per heavy atom. The van der Waals surface area contributed by atoms with Crippen LogP contribution in [0.1, 0.15) is 43.6 Å². The van der Waals surface area contributed by atoms with E-state index in [-0.39, 0.29) is 10.7 Å². The minimum absolute atomic E-state index is 0.276. The second kappa shape index (κ2) is 5.19. The van der Waals surface area contributed by atoms with Crippen molar-refractivity contribution < 1.29 is 9.59 Å². The van der Waals surface area contributed by atoms with E-state index in [4.69, 9.17) is 0 Å². The third-order valence-electron chi connectivity index (χ3n) is 5.85. The summed E-state index contributed by atoms with van der Waals surface area (Å²) in [4.78, 5) is 46.3. The molecule has 0 N–H and O–H groups in total. The summed E-state index contributed by atoms with van der Waals surface area (Å²) in [6.45, 7) is 0. The van der Waals surface area contributed by atoms with Crippen LogP contribution < -0.4 is 5.56 Å². The largest absolute Gasteiger partial charge is 0.292 e. The predicted molar refractivity (Wildman–Crippen MR) is 104 cm³/mol. The first-order chi connectivity index (χ1) is 13.6. The highest BCUT2D eigenvalue weighted by molar-refractivity contribution is 8.02. The van der Waals surface area contributed by atoms with Crippen molar-refractivity contribution in [1.82, 2.24) is 9.55 Å². The van der Waals surface area contributed by atoms with Crippen LogP contribution in [-0.4, -0.2) is 25.9 Å².